The summed E-state index contributed by atoms with van der Waals surface area (Å²) in [6.07, 6.45) is 8.92. The van der Waals surface area contributed by atoms with Crippen LogP contribution in [0.3, 0.4) is 0 Å². The molecule has 5 aliphatic rings. The van der Waals surface area contributed by atoms with Crippen molar-refractivity contribution >= 4 is 35.2 Å². The SMILES string of the molecule is CO[C@H]1C[C@@H]2CC[C@@H](C)[C@@](O)(O2)C(=O)C(=O)N2CCCC[C@H]2C(=O)O[C@H]([C@H](C)C[C@@H]2CC[C@@H](OC(=O)C3(C)COC(C)(C)OC3)[C@H](O)C2)CC(=O)[C@H](C)/C=C(\C)[C@@H](O)[C@@H](OC)C(=O)[C@H](C)C[C@H](C)/C=C/C=CC=C1C. The van der Waals surface area contributed by atoms with Crippen molar-refractivity contribution in [3.05, 3.63) is 47.6 Å². The van der Waals surface area contributed by atoms with E-state index in [1.165, 1.54) is 7.11 Å². The van der Waals surface area contributed by atoms with Crippen LogP contribution in [0.25, 0.3) is 0 Å². The topological polar surface area (TPSA) is 231 Å². The number of cyclic esters (lactones) is 1. The molecular formula is C58H89NO16. The predicted molar refractivity (Wildman–Crippen MR) is 278 cm³/mol. The fourth-order valence-corrected chi connectivity index (χ4v) is 11.2. The Hall–Kier alpha value is -3.94. The lowest BCUT2D eigenvalue weighted by Crippen LogP contribution is -2.61. The third kappa shape index (κ3) is 16.1. The van der Waals surface area contributed by atoms with Gasteiger partial charge in [-0.2, -0.15) is 0 Å². The number of methoxy groups -OCH3 is 2. The van der Waals surface area contributed by atoms with E-state index in [0.717, 1.165) is 10.5 Å². The van der Waals surface area contributed by atoms with Crippen molar-refractivity contribution in [2.24, 2.45) is 40.9 Å². The minimum Gasteiger partial charge on any atom is -0.460 e. The zero-order chi connectivity index (χ0) is 55.6. The molecule has 422 valence electrons. The summed E-state index contributed by atoms with van der Waals surface area (Å²) < 4.78 is 41.3. The molecule has 0 radical (unpaired) electrons. The maximum atomic E-state index is 14.6. The first-order chi connectivity index (χ1) is 35.2. The van der Waals surface area contributed by atoms with Crippen LogP contribution in [-0.2, 0) is 61.9 Å². The average molecular weight is 1060 g/mol. The largest absolute Gasteiger partial charge is 0.460 e. The summed E-state index contributed by atoms with van der Waals surface area (Å²) in [5.74, 6) is -10.1. The number of piperidine rings is 1. The molecule has 0 aromatic rings. The van der Waals surface area contributed by atoms with E-state index in [9.17, 15) is 44.1 Å². The summed E-state index contributed by atoms with van der Waals surface area (Å²) in [7, 11) is 2.93. The van der Waals surface area contributed by atoms with E-state index in [1.807, 2.05) is 51.2 Å². The van der Waals surface area contributed by atoms with Gasteiger partial charge in [0, 0.05) is 51.4 Å². The molecule has 0 aromatic carbocycles. The number of hydrogen-bond acceptors (Lipinski definition) is 16. The average Bonchev–Trinajstić information content (AvgIpc) is 3.37. The van der Waals surface area contributed by atoms with Crippen LogP contribution in [0, 0.1) is 40.9 Å². The zero-order valence-electron chi connectivity index (χ0n) is 46.7. The van der Waals surface area contributed by atoms with Gasteiger partial charge in [0.05, 0.1) is 31.5 Å². The fourth-order valence-electron chi connectivity index (χ4n) is 11.2. The van der Waals surface area contributed by atoms with Gasteiger partial charge in [0.2, 0.25) is 5.79 Å². The summed E-state index contributed by atoms with van der Waals surface area (Å²) in [5, 5.41) is 34.9. The highest BCUT2D eigenvalue weighted by Gasteiger charge is 2.53. The Morgan fingerprint density at radius 2 is 1.55 bits per heavy atom. The number of rotatable bonds is 7. The quantitative estimate of drug-likeness (QED) is 0.134. The minimum absolute atomic E-state index is 0.00537. The Morgan fingerprint density at radius 1 is 0.853 bits per heavy atom. The minimum atomic E-state index is -2.47. The first-order valence-electron chi connectivity index (χ1n) is 27.4. The van der Waals surface area contributed by atoms with Gasteiger partial charge in [-0.3, -0.25) is 24.0 Å². The highest BCUT2D eigenvalue weighted by atomic mass is 16.7. The number of ether oxygens (including phenoxy) is 7. The normalized spacial score (nSPS) is 38.0. The lowest BCUT2D eigenvalue weighted by atomic mass is 9.78. The van der Waals surface area contributed by atoms with Gasteiger partial charge in [-0.05, 0) is 128 Å². The van der Waals surface area contributed by atoms with Gasteiger partial charge in [0.15, 0.2) is 11.6 Å². The number of amides is 1. The third-order valence-corrected chi connectivity index (χ3v) is 16.4. The number of aliphatic hydroxyl groups excluding tert-OH is 2. The number of aliphatic hydroxyl groups is 3. The number of allylic oxidation sites excluding steroid dienone is 6. The van der Waals surface area contributed by atoms with E-state index >= 15 is 0 Å². The monoisotopic (exact) mass is 1060 g/mol. The van der Waals surface area contributed by atoms with Gasteiger partial charge >= 0.3 is 11.9 Å². The van der Waals surface area contributed by atoms with Gasteiger partial charge in [-0.1, -0.05) is 71.1 Å². The van der Waals surface area contributed by atoms with Crippen LogP contribution in [0.2, 0.25) is 0 Å². The number of carbonyl (C=O) groups excluding carboxylic acids is 6. The zero-order valence-corrected chi connectivity index (χ0v) is 46.7. The van der Waals surface area contributed by atoms with E-state index in [0.29, 0.717) is 63.4 Å². The molecule has 3 saturated heterocycles. The molecule has 1 saturated carbocycles. The Labute approximate surface area is 445 Å². The number of hydrogen-bond donors (Lipinski definition) is 3. The molecule has 0 unspecified atom stereocenters. The van der Waals surface area contributed by atoms with Crippen molar-refractivity contribution in [1.82, 2.24) is 4.90 Å². The molecule has 5 rings (SSSR count). The molecule has 4 fully saturated rings. The lowest BCUT2D eigenvalue weighted by Gasteiger charge is -2.42. The molecule has 3 N–H and O–H groups in total. The Balaban J connectivity index is 1.42. The Morgan fingerprint density at radius 3 is 2.20 bits per heavy atom. The molecule has 0 spiro atoms. The smallest absolute Gasteiger partial charge is 0.329 e. The van der Waals surface area contributed by atoms with Crippen molar-refractivity contribution in [3.63, 3.8) is 0 Å². The van der Waals surface area contributed by atoms with Crippen LogP contribution < -0.4 is 0 Å². The predicted octanol–water partition coefficient (Wildman–Crippen LogP) is 6.87. The van der Waals surface area contributed by atoms with Crippen LogP contribution in [0.5, 0.6) is 0 Å². The molecule has 17 nitrogen and oxygen atoms in total. The van der Waals surface area contributed by atoms with E-state index < -0.39 is 113 Å². The molecular weight excluding hydrogens is 967 g/mol. The molecule has 1 aliphatic carbocycles. The van der Waals surface area contributed by atoms with Crippen molar-refractivity contribution in [1.29, 1.82) is 0 Å². The van der Waals surface area contributed by atoms with E-state index in [2.05, 4.69) is 0 Å². The fraction of sp³-hybridized carbons (Fsp3) is 0.759. The maximum absolute atomic E-state index is 14.6. The van der Waals surface area contributed by atoms with Gasteiger partial charge < -0.3 is 53.4 Å². The van der Waals surface area contributed by atoms with Crippen LogP contribution in [0.4, 0.5) is 0 Å². The number of esters is 2. The Kier molecular flexibility index (Phi) is 22.4. The Bertz CT molecular complexity index is 2120. The van der Waals surface area contributed by atoms with Crippen LogP contribution in [-0.4, -0.2) is 150 Å². The van der Waals surface area contributed by atoms with Crippen molar-refractivity contribution in [2.45, 2.75) is 207 Å². The molecule has 1 amide bonds. The molecule has 4 aliphatic heterocycles. The summed E-state index contributed by atoms with van der Waals surface area (Å²) in [6.45, 7) is 18.0. The van der Waals surface area contributed by atoms with Gasteiger partial charge in [-0.15, -0.1) is 0 Å². The number of fused-ring (bicyclic) bond motifs is 3. The lowest BCUT2D eigenvalue weighted by molar-refractivity contribution is -0.283. The second kappa shape index (κ2) is 27.1. The standard InChI is InChI=1S/C58H89NO16/c1-34-18-14-13-15-19-35(2)47(69-11)30-42-23-21-40(7)58(68,75-42)52(64)53(65)59-25-17-16-20-43(59)54(66)73-48(31-44(60)36(3)27-39(6)50(63)51(70-12)49(62)38(5)26-34)37(4)28-41-22-24-46(45(61)29-41)74-55(67)57(10)32-71-56(8,9)72-33-57/h13-15,18-19,27,34,36-38,40-43,45-48,50-51,61,63,68H,16-17,20-26,28-33H2,1-12H3/b15-13?,18-14+,35-19?,39-27+/t34-,36-,37-,38-,40-,41+,42+,43+,45-,46-,47+,48+,50-,51+,58-/m1/s1. The summed E-state index contributed by atoms with van der Waals surface area (Å²) >= 11 is 0. The second-order valence-electron chi connectivity index (χ2n) is 23.3. The van der Waals surface area contributed by atoms with Crippen LogP contribution >= 0.6 is 0 Å². The van der Waals surface area contributed by atoms with Crippen molar-refractivity contribution in [2.75, 3.05) is 34.0 Å². The van der Waals surface area contributed by atoms with Gasteiger partial charge in [0.1, 0.15) is 41.7 Å². The summed E-state index contributed by atoms with van der Waals surface area (Å²) in [5.41, 5.74) is 0.168. The molecule has 75 heavy (non-hydrogen) atoms. The highest BCUT2D eigenvalue weighted by Crippen LogP contribution is 2.39. The van der Waals surface area contributed by atoms with Gasteiger partial charge in [0.25, 0.3) is 11.7 Å². The first kappa shape index (κ1) is 61.9. The maximum Gasteiger partial charge on any atom is 0.329 e. The number of nitrogens with zero attached hydrogens (tertiary/aromatic N) is 1. The summed E-state index contributed by atoms with van der Waals surface area (Å²) in [4.78, 5) is 85.9. The van der Waals surface area contributed by atoms with E-state index in [-0.39, 0.29) is 62.4 Å². The summed E-state index contributed by atoms with van der Waals surface area (Å²) in [6, 6.07) is -1.20. The highest BCUT2D eigenvalue weighted by molar-refractivity contribution is 6.39. The third-order valence-electron chi connectivity index (χ3n) is 16.4. The van der Waals surface area contributed by atoms with Gasteiger partial charge in [-0.25, -0.2) is 4.79 Å². The number of ketones is 3. The van der Waals surface area contributed by atoms with Crippen molar-refractivity contribution in [3.8, 4) is 0 Å². The first-order valence-corrected chi connectivity index (χ1v) is 27.4. The van der Waals surface area contributed by atoms with E-state index in [1.54, 1.807) is 61.7 Å². The number of carbonyl (C=O) groups is 6. The second-order valence-corrected chi connectivity index (χ2v) is 23.3. The molecule has 4 heterocycles. The molecule has 17 heteroatoms. The number of Topliss-reactive ketones (excluding diaryl/α,β-unsaturated/α-hetero) is 3. The van der Waals surface area contributed by atoms with E-state index in [4.69, 9.17) is 33.2 Å². The van der Waals surface area contributed by atoms with Crippen LogP contribution in [0.1, 0.15) is 146 Å². The molecule has 15 atom stereocenters. The van der Waals surface area contributed by atoms with Crippen LogP contribution in [0.15, 0.2) is 47.6 Å². The van der Waals surface area contributed by atoms with Crippen molar-refractivity contribution < 1.29 is 77.2 Å². The molecule has 2 bridgehead atoms. The molecule has 0 aromatic heterocycles.